The highest BCUT2D eigenvalue weighted by molar-refractivity contribution is 5.89. The Labute approximate surface area is 131 Å². The van der Waals surface area contributed by atoms with E-state index in [4.69, 9.17) is 9.84 Å². The molecule has 0 saturated carbocycles. The summed E-state index contributed by atoms with van der Waals surface area (Å²) in [7, 11) is 0. The molecule has 122 valence electrons. The van der Waals surface area contributed by atoms with Gasteiger partial charge in [-0.3, -0.25) is 4.79 Å². The zero-order valence-corrected chi connectivity index (χ0v) is 13.8. The second-order valence-corrected chi connectivity index (χ2v) is 6.64. The monoisotopic (exact) mass is 307 g/mol. The molecule has 1 rings (SSSR count). The van der Waals surface area contributed by atoms with E-state index < -0.39 is 17.6 Å². The minimum atomic E-state index is -0.861. The van der Waals surface area contributed by atoms with Gasteiger partial charge in [-0.2, -0.15) is 0 Å². The standard InChI is InChI=1S/C17H25NO4/c1-11(2)14(15(19)20)18-10-12-6-8-13(9-7-12)16(21)22-17(3,4)5/h6-9,11,14,18H,10H2,1-5H3,(H,19,20)/t14-/m0/s1. The Bertz CT molecular complexity index is 514. The second kappa shape index (κ2) is 7.40. The Kier molecular flexibility index (Phi) is 6.11. The molecule has 1 atom stereocenters. The quantitative estimate of drug-likeness (QED) is 0.790. The lowest BCUT2D eigenvalue weighted by atomic mass is 10.0. The van der Waals surface area contributed by atoms with E-state index in [0.29, 0.717) is 12.1 Å². The van der Waals surface area contributed by atoms with Gasteiger partial charge in [-0.1, -0.05) is 26.0 Å². The number of rotatable bonds is 6. The number of hydrogen-bond donors (Lipinski definition) is 2. The summed E-state index contributed by atoms with van der Waals surface area (Å²) in [5.41, 5.74) is 0.875. The summed E-state index contributed by atoms with van der Waals surface area (Å²) in [4.78, 5) is 23.0. The zero-order chi connectivity index (χ0) is 16.9. The molecule has 2 N–H and O–H groups in total. The second-order valence-electron chi connectivity index (χ2n) is 6.64. The van der Waals surface area contributed by atoms with Gasteiger partial charge >= 0.3 is 11.9 Å². The Morgan fingerprint density at radius 1 is 1.18 bits per heavy atom. The van der Waals surface area contributed by atoms with Gasteiger partial charge in [0.05, 0.1) is 5.56 Å². The average Bonchev–Trinajstić information content (AvgIpc) is 2.36. The number of carboxylic acids is 1. The molecule has 0 heterocycles. The van der Waals surface area contributed by atoms with Crippen LogP contribution in [0.3, 0.4) is 0 Å². The van der Waals surface area contributed by atoms with Crippen LogP contribution in [0.4, 0.5) is 0 Å². The lowest BCUT2D eigenvalue weighted by Crippen LogP contribution is -2.40. The third kappa shape index (κ3) is 5.85. The van der Waals surface area contributed by atoms with E-state index in [1.165, 1.54) is 0 Å². The molecule has 5 nitrogen and oxygen atoms in total. The number of aliphatic carboxylic acids is 1. The van der Waals surface area contributed by atoms with Crippen LogP contribution < -0.4 is 5.32 Å². The fraction of sp³-hybridized carbons (Fsp3) is 0.529. The Hall–Kier alpha value is -1.88. The molecular formula is C17H25NO4. The van der Waals surface area contributed by atoms with Crippen LogP contribution >= 0.6 is 0 Å². The summed E-state index contributed by atoms with van der Waals surface area (Å²) < 4.78 is 5.29. The van der Waals surface area contributed by atoms with E-state index in [2.05, 4.69) is 5.32 Å². The van der Waals surface area contributed by atoms with Crippen molar-refractivity contribution in [2.24, 2.45) is 5.92 Å². The molecule has 0 aliphatic heterocycles. The van der Waals surface area contributed by atoms with Crippen molar-refractivity contribution in [3.05, 3.63) is 35.4 Å². The number of carbonyl (C=O) groups is 2. The smallest absolute Gasteiger partial charge is 0.338 e. The van der Waals surface area contributed by atoms with Crippen LogP contribution in [0.1, 0.15) is 50.5 Å². The van der Waals surface area contributed by atoms with E-state index in [-0.39, 0.29) is 11.9 Å². The summed E-state index contributed by atoms with van der Waals surface area (Å²) in [5.74, 6) is -1.23. The third-order valence-electron chi connectivity index (χ3n) is 3.05. The summed E-state index contributed by atoms with van der Waals surface area (Å²) in [6, 6.07) is 6.38. The molecule has 0 radical (unpaired) electrons. The van der Waals surface area contributed by atoms with E-state index in [1.807, 2.05) is 34.6 Å². The fourth-order valence-electron chi connectivity index (χ4n) is 1.93. The highest BCUT2D eigenvalue weighted by Gasteiger charge is 2.21. The number of hydrogen-bond acceptors (Lipinski definition) is 4. The average molecular weight is 307 g/mol. The molecule has 5 heteroatoms. The Morgan fingerprint density at radius 2 is 1.73 bits per heavy atom. The highest BCUT2D eigenvalue weighted by atomic mass is 16.6. The molecule has 0 aliphatic rings. The molecule has 0 amide bonds. The number of esters is 1. The largest absolute Gasteiger partial charge is 0.480 e. The zero-order valence-electron chi connectivity index (χ0n) is 13.8. The minimum Gasteiger partial charge on any atom is -0.480 e. The topological polar surface area (TPSA) is 75.6 Å². The van der Waals surface area contributed by atoms with Crippen molar-refractivity contribution in [2.75, 3.05) is 0 Å². The molecule has 0 aromatic heterocycles. The predicted octanol–water partition coefficient (Wildman–Crippen LogP) is 2.84. The van der Waals surface area contributed by atoms with Crippen LogP contribution in [-0.4, -0.2) is 28.7 Å². The molecule has 0 saturated heterocycles. The van der Waals surface area contributed by atoms with E-state index in [0.717, 1.165) is 5.56 Å². The van der Waals surface area contributed by atoms with Gasteiger partial charge in [0.1, 0.15) is 11.6 Å². The molecule has 22 heavy (non-hydrogen) atoms. The predicted molar refractivity (Wildman–Crippen MR) is 84.7 cm³/mol. The first-order chi connectivity index (χ1) is 10.1. The van der Waals surface area contributed by atoms with Gasteiger partial charge in [0, 0.05) is 6.54 Å². The van der Waals surface area contributed by atoms with Crippen molar-refractivity contribution in [1.29, 1.82) is 0 Å². The van der Waals surface area contributed by atoms with Gasteiger partial charge in [0.2, 0.25) is 0 Å². The number of nitrogens with one attached hydrogen (secondary N) is 1. The van der Waals surface area contributed by atoms with Gasteiger partial charge in [-0.25, -0.2) is 4.79 Å². The van der Waals surface area contributed by atoms with Crippen molar-refractivity contribution in [3.8, 4) is 0 Å². The van der Waals surface area contributed by atoms with Crippen molar-refractivity contribution >= 4 is 11.9 Å². The SMILES string of the molecule is CC(C)[C@H](NCc1ccc(C(=O)OC(C)(C)C)cc1)C(=O)O. The minimum absolute atomic E-state index is 0.00135. The molecule has 0 spiro atoms. The maximum atomic E-state index is 11.9. The fourth-order valence-corrected chi connectivity index (χ4v) is 1.93. The first-order valence-corrected chi connectivity index (χ1v) is 7.38. The van der Waals surface area contributed by atoms with Crippen molar-refractivity contribution in [1.82, 2.24) is 5.32 Å². The number of ether oxygens (including phenoxy) is 1. The summed E-state index contributed by atoms with van der Waals surface area (Å²) >= 11 is 0. The molecule has 0 aliphatic carbocycles. The van der Waals surface area contributed by atoms with E-state index in [1.54, 1.807) is 24.3 Å². The molecule has 1 aromatic carbocycles. The van der Waals surface area contributed by atoms with Gasteiger partial charge < -0.3 is 15.2 Å². The van der Waals surface area contributed by atoms with Crippen LogP contribution in [0.25, 0.3) is 0 Å². The Balaban J connectivity index is 2.65. The molecule has 1 aromatic rings. The van der Waals surface area contributed by atoms with Crippen LogP contribution in [0.15, 0.2) is 24.3 Å². The van der Waals surface area contributed by atoms with Crippen molar-refractivity contribution < 1.29 is 19.4 Å². The van der Waals surface area contributed by atoms with Gasteiger partial charge in [0.15, 0.2) is 0 Å². The molecular weight excluding hydrogens is 282 g/mol. The highest BCUT2D eigenvalue weighted by Crippen LogP contribution is 2.13. The molecule has 0 bridgehead atoms. The third-order valence-corrected chi connectivity index (χ3v) is 3.05. The summed E-state index contributed by atoms with van der Waals surface area (Å²) in [6.45, 7) is 9.61. The molecule has 0 unspecified atom stereocenters. The van der Waals surface area contributed by atoms with Gasteiger partial charge in [-0.05, 0) is 44.4 Å². The van der Waals surface area contributed by atoms with Crippen LogP contribution in [0.2, 0.25) is 0 Å². The normalized spacial score (nSPS) is 13.0. The lowest BCUT2D eigenvalue weighted by molar-refractivity contribution is -0.140. The number of carboxylic acid groups (broad SMARTS) is 1. The first kappa shape index (κ1) is 18.2. The van der Waals surface area contributed by atoms with Crippen LogP contribution in [0.5, 0.6) is 0 Å². The maximum Gasteiger partial charge on any atom is 0.338 e. The van der Waals surface area contributed by atoms with Crippen LogP contribution in [-0.2, 0) is 16.1 Å². The lowest BCUT2D eigenvalue weighted by Gasteiger charge is -2.20. The maximum absolute atomic E-state index is 11.9. The molecule has 0 fully saturated rings. The van der Waals surface area contributed by atoms with E-state index >= 15 is 0 Å². The van der Waals surface area contributed by atoms with Crippen LogP contribution in [0, 0.1) is 5.92 Å². The number of carbonyl (C=O) groups excluding carboxylic acids is 1. The van der Waals surface area contributed by atoms with Gasteiger partial charge in [0.25, 0.3) is 0 Å². The number of benzene rings is 1. The first-order valence-electron chi connectivity index (χ1n) is 7.38. The summed E-state index contributed by atoms with van der Waals surface area (Å²) in [6.07, 6.45) is 0. The summed E-state index contributed by atoms with van der Waals surface area (Å²) in [5, 5.41) is 12.1. The Morgan fingerprint density at radius 3 is 2.14 bits per heavy atom. The van der Waals surface area contributed by atoms with Crippen molar-refractivity contribution in [3.63, 3.8) is 0 Å². The van der Waals surface area contributed by atoms with Crippen molar-refractivity contribution in [2.45, 2.75) is 52.8 Å². The van der Waals surface area contributed by atoms with Gasteiger partial charge in [-0.15, -0.1) is 0 Å². The van der Waals surface area contributed by atoms with E-state index in [9.17, 15) is 9.59 Å².